The molecule has 0 radical (unpaired) electrons. The van der Waals surface area contributed by atoms with E-state index in [0.29, 0.717) is 5.56 Å². The van der Waals surface area contributed by atoms with Crippen LogP contribution in [0.15, 0.2) is 42.6 Å². The molecular weight excluding hydrogens is 241 g/mol. The number of nitriles is 1. The van der Waals surface area contributed by atoms with E-state index in [9.17, 15) is 13.2 Å². The number of hydrogen-bond donors (Lipinski definition) is 0. The molecule has 0 atom stereocenters. The smallest absolute Gasteiger partial charge is 0.254 e. The Morgan fingerprint density at radius 3 is 2.33 bits per heavy atom. The van der Waals surface area contributed by atoms with E-state index in [0.717, 1.165) is 12.3 Å². The third kappa shape index (κ3) is 2.33. The first-order valence-corrected chi connectivity index (χ1v) is 5.05. The molecule has 1 aromatic heterocycles. The number of benzene rings is 1. The zero-order valence-electron chi connectivity index (χ0n) is 9.07. The van der Waals surface area contributed by atoms with Gasteiger partial charge >= 0.3 is 6.18 Å². The van der Waals surface area contributed by atoms with Crippen LogP contribution in [0.4, 0.5) is 13.2 Å². The van der Waals surface area contributed by atoms with Crippen LogP contribution in [-0.4, -0.2) is 4.98 Å². The second kappa shape index (κ2) is 4.49. The van der Waals surface area contributed by atoms with Gasteiger partial charge in [-0.2, -0.15) is 18.4 Å². The fourth-order valence-corrected chi connectivity index (χ4v) is 1.53. The summed E-state index contributed by atoms with van der Waals surface area (Å²) in [5.74, 6) is 0. The molecule has 0 aliphatic carbocycles. The lowest BCUT2D eigenvalue weighted by Crippen LogP contribution is -2.06. The maximum Gasteiger partial charge on any atom is 0.417 e. The Morgan fingerprint density at radius 1 is 1.11 bits per heavy atom. The van der Waals surface area contributed by atoms with E-state index in [2.05, 4.69) is 4.98 Å². The summed E-state index contributed by atoms with van der Waals surface area (Å²) in [6, 6.07) is 11.2. The van der Waals surface area contributed by atoms with Crippen molar-refractivity contribution in [3.8, 4) is 17.3 Å². The summed E-state index contributed by atoms with van der Waals surface area (Å²) in [6.07, 6.45) is -3.75. The van der Waals surface area contributed by atoms with Crippen LogP contribution in [-0.2, 0) is 6.18 Å². The average molecular weight is 248 g/mol. The molecule has 1 heterocycles. The highest BCUT2D eigenvalue weighted by molar-refractivity contribution is 5.66. The first-order chi connectivity index (χ1) is 8.52. The summed E-state index contributed by atoms with van der Waals surface area (Å²) in [5, 5.41) is 8.91. The van der Waals surface area contributed by atoms with E-state index < -0.39 is 11.7 Å². The molecule has 18 heavy (non-hydrogen) atoms. The first-order valence-electron chi connectivity index (χ1n) is 5.05. The molecule has 0 fully saturated rings. The maximum atomic E-state index is 12.5. The van der Waals surface area contributed by atoms with Crippen LogP contribution in [0.25, 0.3) is 11.3 Å². The van der Waals surface area contributed by atoms with Gasteiger partial charge in [-0.1, -0.05) is 30.3 Å². The van der Waals surface area contributed by atoms with Crippen LogP contribution in [0, 0.1) is 11.3 Å². The Morgan fingerprint density at radius 2 is 1.78 bits per heavy atom. The van der Waals surface area contributed by atoms with Crippen LogP contribution in [0.2, 0.25) is 0 Å². The van der Waals surface area contributed by atoms with Gasteiger partial charge < -0.3 is 0 Å². The summed E-state index contributed by atoms with van der Waals surface area (Å²) < 4.78 is 37.5. The zero-order chi connectivity index (χ0) is 13.2. The second-order valence-electron chi connectivity index (χ2n) is 3.60. The van der Waals surface area contributed by atoms with Crippen molar-refractivity contribution < 1.29 is 13.2 Å². The molecule has 0 saturated heterocycles. The highest BCUT2D eigenvalue weighted by Gasteiger charge is 2.31. The standard InChI is InChI=1S/C13H7F3N2/c14-13(15,16)11-6-10(7-17)12(18-8-11)9-4-2-1-3-5-9/h1-6,8H. The minimum atomic E-state index is -4.49. The summed E-state index contributed by atoms with van der Waals surface area (Å²) in [7, 11) is 0. The van der Waals surface area contributed by atoms with E-state index >= 15 is 0 Å². The van der Waals surface area contributed by atoms with Crippen molar-refractivity contribution in [2.75, 3.05) is 0 Å². The first kappa shape index (κ1) is 12.1. The summed E-state index contributed by atoms with van der Waals surface area (Å²) in [5.41, 5.74) is -0.136. The summed E-state index contributed by atoms with van der Waals surface area (Å²) in [6.45, 7) is 0. The molecule has 0 aliphatic heterocycles. The van der Waals surface area contributed by atoms with Gasteiger partial charge in [-0.25, -0.2) is 0 Å². The Hall–Kier alpha value is -2.35. The molecule has 0 saturated carbocycles. The minimum Gasteiger partial charge on any atom is -0.254 e. The Kier molecular flexibility index (Phi) is 3.02. The Bertz CT molecular complexity index is 598. The third-order valence-electron chi connectivity index (χ3n) is 2.38. The van der Waals surface area contributed by atoms with Gasteiger partial charge in [-0.05, 0) is 6.07 Å². The second-order valence-corrected chi connectivity index (χ2v) is 3.60. The Labute approximate surface area is 101 Å². The average Bonchev–Trinajstić information content (AvgIpc) is 2.38. The van der Waals surface area contributed by atoms with Crippen molar-refractivity contribution in [2.45, 2.75) is 6.18 Å². The Balaban J connectivity index is 2.56. The van der Waals surface area contributed by atoms with E-state index in [1.165, 1.54) is 0 Å². The molecule has 0 N–H and O–H groups in total. The van der Waals surface area contributed by atoms with E-state index in [1.54, 1.807) is 36.4 Å². The SMILES string of the molecule is N#Cc1cc(C(F)(F)F)cnc1-c1ccccc1. The van der Waals surface area contributed by atoms with Crippen LogP contribution in [0.3, 0.4) is 0 Å². The van der Waals surface area contributed by atoms with Gasteiger partial charge in [0, 0.05) is 11.8 Å². The predicted octanol–water partition coefficient (Wildman–Crippen LogP) is 3.64. The lowest BCUT2D eigenvalue weighted by molar-refractivity contribution is -0.137. The number of nitrogens with zero attached hydrogens (tertiary/aromatic N) is 2. The molecule has 0 spiro atoms. The minimum absolute atomic E-state index is 0.0870. The molecule has 0 unspecified atom stereocenters. The number of hydrogen-bond acceptors (Lipinski definition) is 2. The largest absolute Gasteiger partial charge is 0.417 e. The number of alkyl halides is 3. The van der Waals surface area contributed by atoms with Crippen LogP contribution in [0.5, 0.6) is 0 Å². The van der Waals surface area contributed by atoms with Crippen LogP contribution >= 0.6 is 0 Å². The third-order valence-corrected chi connectivity index (χ3v) is 2.38. The molecule has 1 aromatic carbocycles. The van der Waals surface area contributed by atoms with Gasteiger partial charge in [-0.3, -0.25) is 4.98 Å². The fraction of sp³-hybridized carbons (Fsp3) is 0.0769. The molecule has 2 rings (SSSR count). The highest BCUT2D eigenvalue weighted by Crippen LogP contribution is 2.31. The molecule has 90 valence electrons. The monoisotopic (exact) mass is 248 g/mol. The van der Waals surface area contributed by atoms with Crippen molar-refractivity contribution in [2.24, 2.45) is 0 Å². The van der Waals surface area contributed by atoms with Gasteiger partial charge in [0.05, 0.1) is 16.8 Å². The lowest BCUT2D eigenvalue weighted by atomic mass is 10.0. The molecule has 2 nitrogen and oxygen atoms in total. The fourth-order valence-electron chi connectivity index (χ4n) is 1.53. The van der Waals surface area contributed by atoms with Crippen molar-refractivity contribution in [1.82, 2.24) is 4.98 Å². The number of rotatable bonds is 1. The van der Waals surface area contributed by atoms with Crippen LogP contribution < -0.4 is 0 Å². The van der Waals surface area contributed by atoms with Gasteiger partial charge in [0.15, 0.2) is 0 Å². The maximum absolute atomic E-state index is 12.5. The topological polar surface area (TPSA) is 36.7 Å². The van der Waals surface area contributed by atoms with Crippen molar-refractivity contribution in [1.29, 1.82) is 5.26 Å². The van der Waals surface area contributed by atoms with Gasteiger partial charge in [0.1, 0.15) is 6.07 Å². The molecular formula is C13H7F3N2. The lowest BCUT2D eigenvalue weighted by Gasteiger charge is -2.08. The summed E-state index contributed by atoms with van der Waals surface area (Å²) >= 11 is 0. The number of aromatic nitrogens is 1. The normalized spacial score (nSPS) is 11.0. The van der Waals surface area contributed by atoms with Gasteiger partial charge in [0.25, 0.3) is 0 Å². The highest BCUT2D eigenvalue weighted by atomic mass is 19.4. The van der Waals surface area contributed by atoms with Gasteiger partial charge in [0.2, 0.25) is 0 Å². The molecule has 5 heteroatoms. The van der Waals surface area contributed by atoms with E-state index in [-0.39, 0.29) is 11.3 Å². The quantitative estimate of drug-likeness (QED) is 0.772. The molecule has 0 aliphatic rings. The van der Waals surface area contributed by atoms with Crippen molar-refractivity contribution in [3.63, 3.8) is 0 Å². The zero-order valence-corrected chi connectivity index (χ0v) is 9.07. The number of halogens is 3. The molecule has 0 bridgehead atoms. The van der Waals surface area contributed by atoms with E-state index in [1.807, 2.05) is 0 Å². The van der Waals surface area contributed by atoms with Crippen molar-refractivity contribution >= 4 is 0 Å². The number of pyridine rings is 1. The van der Waals surface area contributed by atoms with Crippen molar-refractivity contribution in [3.05, 3.63) is 53.7 Å². The molecule has 0 amide bonds. The van der Waals surface area contributed by atoms with E-state index in [4.69, 9.17) is 5.26 Å². The predicted molar refractivity (Wildman–Crippen MR) is 59.4 cm³/mol. The van der Waals surface area contributed by atoms with Crippen LogP contribution in [0.1, 0.15) is 11.1 Å². The summed E-state index contributed by atoms with van der Waals surface area (Å²) in [4.78, 5) is 3.74. The molecule has 2 aromatic rings. The van der Waals surface area contributed by atoms with Gasteiger partial charge in [-0.15, -0.1) is 0 Å².